The van der Waals surface area contributed by atoms with Crippen molar-refractivity contribution in [2.24, 2.45) is 0 Å². The molecule has 2 atom stereocenters. The molecule has 18 heavy (non-hydrogen) atoms. The van der Waals surface area contributed by atoms with E-state index in [0.717, 1.165) is 24.9 Å². The topological polar surface area (TPSA) is 41.1 Å². The van der Waals surface area contributed by atoms with Crippen molar-refractivity contribution in [3.05, 3.63) is 34.9 Å². The maximum atomic E-state index is 12.2. The molecule has 3 nitrogen and oxygen atoms in total. The van der Waals surface area contributed by atoms with Gasteiger partial charge < -0.3 is 10.6 Å². The third kappa shape index (κ3) is 2.85. The minimum atomic E-state index is -0.416. The van der Waals surface area contributed by atoms with Gasteiger partial charge in [0.2, 0.25) is 5.91 Å². The fourth-order valence-electron chi connectivity index (χ4n) is 2.28. The molecule has 0 aliphatic carbocycles. The first-order valence-electron chi connectivity index (χ1n) is 6.33. The summed E-state index contributed by atoms with van der Waals surface area (Å²) in [5.41, 5.74) is 0.648. The van der Waals surface area contributed by atoms with E-state index in [0.29, 0.717) is 5.02 Å². The third-order valence-electron chi connectivity index (χ3n) is 3.59. The first-order valence-corrected chi connectivity index (χ1v) is 6.70. The van der Waals surface area contributed by atoms with Gasteiger partial charge in [-0.05, 0) is 50.9 Å². The Labute approximate surface area is 113 Å². The molecule has 0 bridgehead atoms. The second-order valence-corrected chi connectivity index (χ2v) is 5.55. The number of amides is 1. The van der Waals surface area contributed by atoms with Gasteiger partial charge in [-0.2, -0.15) is 0 Å². The molecular weight excluding hydrogens is 248 g/mol. The van der Waals surface area contributed by atoms with Crippen LogP contribution in [-0.2, 0) is 4.79 Å². The molecule has 0 radical (unpaired) electrons. The van der Waals surface area contributed by atoms with E-state index in [9.17, 15) is 4.79 Å². The molecular formula is C14H19ClN2O. The van der Waals surface area contributed by atoms with Gasteiger partial charge in [-0.25, -0.2) is 0 Å². The van der Waals surface area contributed by atoms with Gasteiger partial charge in [0.1, 0.15) is 0 Å². The quantitative estimate of drug-likeness (QED) is 0.883. The average Bonchev–Trinajstić information content (AvgIpc) is 2.78. The van der Waals surface area contributed by atoms with Crippen molar-refractivity contribution in [2.75, 3.05) is 6.54 Å². The molecule has 0 aromatic heterocycles. The Bertz CT molecular complexity index is 424. The highest BCUT2D eigenvalue weighted by molar-refractivity contribution is 6.30. The van der Waals surface area contributed by atoms with E-state index in [-0.39, 0.29) is 11.9 Å². The van der Waals surface area contributed by atoms with Gasteiger partial charge in [-0.15, -0.1) is 0 Å². The molecule has 2 N–H and O–H groups in total. The zero-order chi connectivity index (χ0) is 13.2. The molecule has 0 spiro atoms. The first-order chi connectivity index (χ1) is 8.51. The molecule has 1 fully saturated rings. The Hall–Kier alpha value is -1.06. The molecule has 1 aromatic carbocycles. The molecule has 2 unspecified atom stereocenters. The van der Waals surface area contributed by atoms with Crippen molar-refractivity contribution in [1.82, 2.24) is 10.6 Å². The average molecular weight is 267 g/mol. The van der Waals surface area contributed by atoms with E-state index in [1.807, 2.05) is 38.1 Å². The van der Waals surface area contributed by atoms with Gasteiger partial charge >= 0.3 is 0 Å². The third-order valence-corrected chi connectivity index (χ3v) is 3.84. The van der Waals surface area contributed by atoms with E-state index < -0.39 is 5.54 Å². The highest BCUT2D eigenvalue weighted by atomic mass is 35.5. The van der Waals surface area contributed by atoms with Crippen LogP contribution in [0, 0.1) is 0 Å². The lowest BCUT2D eigenvalue weighted by atomic mass is 9.98. The number of carbonyl (C=O) groups excluding carboxylic acids is 1. The summed E-state index contributed by atoms with van der Waals surface area (Å²) in [6, 6.07) is 7.56. The Morgan fingerprint density at radius 1 is 1.44 bits per heavy atom. The van der Waals surface area contributed by atoms with E-state index in [2.05, 4.69) is 10.6 Å². The number of rotatable bonds is 3. The molecule has 0 saturated carbocycles. The van der Waals surface area contributed by atoms with Crippen LogP contribution in [0.25, 0.3) is 0 Å². The van der Waals surface area contributed by atoms with Gasteiger partial charge in [-0.1, -0.05) is 23.7 Å². The molecule has 1 aliphatic heterocycles. The van der Waals surface area contributed by atoms with Gasteiger partial charge in [0.05, 0.1) is 11.6 Å². The Morgan fingerprint density at radius 3 is 2.67 bits per heavy atom. The van der Waals surface area contributed by atoms with Gasteiger partial charge in [0.15, 0.2) is 0 Å². The summed E-state index contributed by atoms with van der Waals surface area (Å²) in [6.45, 7) is 4.86. The van der Waals surface area contributed by atoms with E-state index in [1.54, 1.807) is 0 Å². The van der Waals surface area contributed by atoms with Gasteiger partial charge in [0, 0.05) is 5.02 Å². The first kappa shape index (κ1) is 13.4. The maximum absolute atomic E-state index is 12.2. The largest absolute Gasteiger partial charge is 0.348 e. The van der Waals surface area contributed by atoms with Crippen LogP contribution in [0.5, 0.6) is 0 Å². The summed E-state index contributed by atoms with van der Waals surface area (Å²) in [5, 5.41) is 7.03. The minimum absolute atomic E-state index is 0.00556. The summed E-state index contributed by atoms with van der Waals surface area (Å²) in [5.74, 6) is 0.0717. The van der Waals surface area contributed by atoms with Crippen molar-refractivity contribution in [3.63, 3.8) is 0 Å². The second-order valence-electron chi connectivity index (χ2n) is 5.11. The molecule has 2 rings (SSSR count). The highest BCUT2D eigenvalue weighted by Crippen LogP contribution is 2.21. The zero-order valence-electron chi connectivity index (χ0n) is 10.8. The Morgan fingerprint density at radius 2 is 2.11 bits per heavy atom. The minimum Gasteiger partial charge on any atom is -0.348 e. The lowest BCUT2D eigenvalue weighted by Gasteiger charge is -2.26. The Kier molecular flexibility index (Phi) is 3.93. The van der Waals surface area contributed by atoms with Crippen molar-refractivity contribution in [2.45, 2.75) is 38.3 Å². The van der Waals surface area contributed by atoms with Crippen LogP contribution in [0.4, 0.5) is 0 Å². The highest BCUT2D eigenvalue weighted by Gasteiger charge is 2.36. The van der Waals surface area contributed by atoms with Crippen molar-refractivity contribution < 1.29 is 4.79 Å². The molecule has 1 heterocycles. The van der Waals surface area contributed by atoms with Crippen LogP contribution in [0.15, 0.2) is 24.3 Å². The lowest BCUT2D eigenvalue weighted by Crippen LogP contribution is -2.51. The number of hydrogen-bond donors (Lipinski definition) is 2. The molecule has 1 saturated heterocycles. The fourth-order valence-corrected chi connectivity index (χ4v) is 2.41. The van der Waals surface area contributed by atoms with Gasteiger partial charge in [-0.3, -0.25) is 4.79 Å². The summed E-state index contributed by atoms with van der Waals surface area (Å²) in [7, 11) is 0. The van der Waals surface area contributed by atoms with Crippen LogP contribution in [-0.4, -0.2) is 18.0 Å². The van der Waals surface area contributed by atoms with Crippen LogP contribution in [0.2, 0.25) is 5.02 Å². The molecule has 1 aromatic rings. The second kappa shape index (κ2) is 5.29. The monoisotopic (exact) mass is 266 g/mol. The van der Waals surface area contributed by atoms with Crippen LogP contribution in [0.1, 0.15) is 38.3 Å². The standard InChI is InChI=1S/C14H19ClN2O/c1-10(11-4-6-12(15)7-5-11)17-13(18)14(2)8-3-9-16-14/h4-7,10,16H,3,8-9H2,1-2H3,(H,17,18). The van der Waals surface area contributed by atoms with Crippen molar-refractivity contribution in [1.29, 1.82) is 0 Å². The van der Waals surface area contributed by atoms with E-state index in [1.165, 1.54) is 0 Å². The normalized spacial score (nSPS) is 24.8. The summed E-state index contributed by atoms with van der Waals surface area (Å²) >= 11 is 5.85. The summed E-state index contributed by atoms with van der Waals surface area (Å²) in [4.78, 5) is 12.2. The van der Waals surface area contributed by atoms with Crippen LogP contribution in [0.3, 0.4) is 0 Å². The number of nitrogens with one attached hydrogen (secondary N) is 2. The van der Waals surface area contributed by atoms with Crippen LogP contribution < -0.4 is 10.6 Å². The number of benzene rings is 1. The molecule has 4 heteroatoms. The SMILES string of the molecule is CC(NC(=O)C1(C)CCCN1)c1ccc(Cl)cc1. The summed E-state index contributed by atoms with van der Waals surface area (Å²) < 4.78 is 0. The number of carbonyl (C=O) groups is 1. The maximum Gasteiger partial charge on any atom is 0.240 e. The molecule has 98 valence electrons. The zero-order valence-corrected chi connectivity index (χ0v) is 11.6. The smallest absolute Gasteiger partial charge is 0.240 e. The fraction of sp³-hybridized carbons (Fsp3) is 0.500. The predicted octanol–water partition coefficient (Wildman–Crippen LogP) is 2.66. The Balaban J connectivity index is 2.00. The van der Waals surface area contributed by atoms with Crippen molar-refractivity contribution >= 4 is 17.5 Å². The molecule has 1 aliphatic rings. The van der Waals surface area contributed by atoms with E-state index >= 15 is 0 Å². The lowest BCUT2D eigenvalue weighted by molar-refractivity contribution is -0.127. The van der Waals surface area contributed by atoms with E-state index in [4.69, 9.17) is 11.6 Å². The summed E-state index contributed by atoms with van der Waals surface area (Å²) in [6.07, 6.45) is 1.95. The van der Waals surface area contributed by atoms with Gasteiger partial charge in [0.25, 0.3) is 0 Å². The number of hydrogen-bond acceptors (Lipinski definition) is 2. The van der Waals surface area contributed by atoms with Crippen LogP contribution >= 0.6 is 11.6 Å². The predicted molar refractivity (Wildman–Crippen MR) is 73.7 cm³/mol. The number of halogens is 1. The molecule has 1 amide bonds. The van der Waals surface area contributed by atoms with Crippen molar-refractivity contribution in [3.8, 4) is 0 Å².